The van der Waals surface area contributed by atoms with Crippen LogP contribution in [0.2, 0.25) is 0 Å². The number of benzene rings is 2. The van der Waals surface area contributed by atoms with Crippen molar-refractivity contribution < 1.29 is 0 Å². The van der Waals surface area contributed by atoms with E-state index in [0.717, 1.165) is 11.0 Å². The van der Waals surface area contributed by atoms with E-state index >= 15 is 0 Å². The van der Waals surface area contributed by atoms with Gasteiger partial charge in [0.05, 0.1) is 11.0 Å². The minimum Gasteiger partial charge on any atom is -0.256 e. The molecule has 0 saturated carbocycles. The number of aromatic nitrogens is 2. The number of hydrogen-bond donors (Lipinski definition) is 0. The van der Waals surface area contributed by atoms with E-state index in [1.807, 2.05) is 24.5 Å². The van der Waals surface area contributed by atoms with Crippen LogP contribution in [0.5, 0.6) is 0 Å². The number of pyridine rings is 2. The predicted octanol–water partition coefficient (Wildman–Crippen LogP) is 5.07. The average Bonchev–Trinajstić information content (AvgIpc) is 2.56. The first-order chi connectivity index (χ1) is 10.8. The van der Waals surface area contributed by atoms with E-state index in [-0.39, 0.29) is 0 Å². The molecular weight excluding hydrogens is 268 g/mol. The largest absolute Gasteiger partial charge is 0.256 e. The molecule has 0 fully saturated rings. The van der Waals surface area contributed by atoms with Crippen molar-refractivity contribution in [1.29, 1.82) is 0 Å². The quantitative estimate of drug-likeness (QED) is 0.488. The van der Waals surface area contributed by atoms with Crippen molar-refractivity contribution >= 4 is 21.8 Å². The summed E-state index contributed by atoms with van der Waals surface area (Å²) in [7, 11) is 0. The average molecular weight is 284 g/mol. The monoisotopic (exact) mass is 284 g/mol. The molecule has 2 heterocycles. The molecular formula is C20H16N2. The molecule has 0 aliphatic heterocycles. The lowest BCUT2D eigenvalue weighted by Gasteiger charge is -2.15. The molecule has 0 atom stereocenters. The maximum atomic E-state index is 4.56. The van der Waals surface area contributed by atoms with Crippen molar-refractivity contribution in [2.75, 3.05) is 0 Å². The molecule has 0 spiro atoms. The lowest BCUT2D eigenvalue weighted by atomic mass is 9.92. The first kappa shape index (κ1) is 13.0. The van der Waals surface area contributed by atoms with Gasteiger partial charge in [-0.1, -0.05) is 36.4 Å². The van der Waals surface area contributed by atoms with Crippen LogP contribution in [-0.2, 0) is 0 Å². The minimum absolute atomic E-state index is 1.03. The molecule has 4 aromatic rings. The fraction of sp³-hybridized carbons (Fsp3) is 0.100. The molecule has 22 heavy (non-hydrogen) atoms. The van der Waals surface area contributed by atoms with Gasteiger partial charge in [0.25, 0.3) is 0 Å². The predicted molar refractivity (Wildman–Crippen MR) is 92.0 cm³/mol. The van der Waals surface area contributed by atoms with Crippen LogP contribution in [0.25, 0.3) is 32.9 Å². The lowest BCUT2D eigenvalue weighted by molar-refractivity contribution is 1.30. The van der Waals surface area contributed by atoms with Gasteiger partial charge >= 0.3 is 0 Å². The van der Waals surface area contributed by atoms with Crippen molar-refractivity contribution in [1.82, 2.24) is 9.97 Å². The molecule has 0 unspecified atom stereocenters. The van der Waals surface area contributed by atoms with Crippen molar-refractivity contribution in [3.63, 3.8) is 0 Å². The second-order valence-electron chi connectivity index (χ2n) is 5.67. The van der Waals surface area contributed by atoms with Crippen LogP contribution < -0.4 is 0 Å². The summed E-state index contributed by atoms with van der Waals surface area (Å²) in [6.07, 6.45) is 3.93. The van der Waals surface area contributed by atoms with E-state index in [4.69, 9.17) is 0 Å². The van der Waals surface area contributed by atoms with Crippen LogP contribution in [-0.4, -0.2) is 9.97 Å². The molecule has 0 N–H and O–H groups in total. The summed E-state index contributed by atoms with van der Waals surface area (Å²) in [5.74, 6) is 0. The second kappa shape index (κ2) is 4.92. The highest BCUT2D eigenvalue weighted by atomic mass is 14.7. The summed E-state index contributed by atoms with van der Waals surface area (Å²) in [4.78, 5) is 9.12. The van der Waals surface area contributed by atoms with E-state index < -0.39 is 0 Å². The van der Waals surface area contributed by atoms with E-state index in [2.05, 4.69) is 60.2 Å². The third kappa shape index (κ3) is 1.88. The molecule has 2 aromatic carbocycles. The van der Waals surface area contributed by atoms with Gasteiger partial charge in [0, 0.05) is 23.2 Å². The normalized spacial score (nSPS) is 11.2. The first-order valence-electron chi connectivity index (χ1n) is 7.45. The number of fused-ring (bicyclic) bond motifs is 2. The fourth-order valence-electron chi connectivity index (χ4n) is 3.15. The molecule has 106 valence electrons. The zero-order valence-corrected chi connectivity index (χ0v) is 12.7. The van der Waals surface area contributed by atoms with Crippen molar-refractivity contribution in [3.8, 4) is 11.1 Å². The number of hydrogen-bond acceptors (Lipinski definition) is 2. The molecule has 0 saturated heterocycles. The van der Waals surface area contributed by atoms with Gasteiger partial charge in [-0.05, 0) is 48.2 Å². The van der Waals surface area contributed by atoms with Crippen LogP contribution in [0.4, 0.5) is 0 Å². The third-order valence-corrected chi connectivity index (χ3v) is 4.18. The molecule has 0 aliphatic carbocycles. The Balaban J connectivity index is 2.21. The van der Waals surface area contributed by atoms with Crippen molar-refractivity contribution in [3.05, 3.63) is 72.1 Å². The van der Waals surface area contributed by atoms with Gasteiger partial charge in [-0.3, -0.25) is 9.97 Å². The van der Waals surface area contributed by atoms with Crippen LogP contribution in [0.1, 0.15) is 11.1 Å². The lowest BCUT2D eigenvalue weighted by Crippen LogP contribution is -1.94. The minimum atomic E-state index is 1.03. The Morgan fingerprint density at radius 3 is 1.45 bits per heavy atom. The molecule has 0 bridgehead atoms. The Labute approximate surface area is 129 Å². The first-order valence-corrected chi connectivity index (χ1v) is 7.45. The van der Waals surface area contributed by atoms with Gasteiger partial charge in [0.1, 0.15) is 0 Å². The van der Waals surface area contributed by atoms with Crippen molar-refractivity contribution in [2.45, 2.75) is 13.8 Å². The Morgan fingerprint density at radius 2 is 1.00 bits per heavy atom. The molecule has 2 heteroatoms. The number of rotatable bonds is 1. The van der Waals surface area contributed by atoms with Crippen LogP contribution in [0, 0.1) is 13.8 Å². The molecule has 2 aromatic heterocycles. The highest BCUT2D eigenvalue weighted by molar-refractivity contribution is 6.05. The fourth-order valence-corrected chi connectivity index (χ4v) is 3.15. The summed E-state index contributed by atoms with van der Waals surface area (Å²) in [5.41, 5.74) is 6.98. The maximum Gasteiger partial charge on any atom is 0.0708 e. The highest BCUT2D eigenvalue weighted by Gasteiger charge is 2.14. The Hall–Kier alpha value is -2.74. The van der Waals surface area contributed by atoms with Gasteiger partial charge in [0.15, 0.2) is 0 Å². The van der Waals surface area contributed by atoms with Gasteiger partial charge in [-0.25, -0.2) is 0 Å². The topological polar surface area (TPSA) is 25.8 Å². The zero-order chi connectivity index (χ0) is 15.1. The third-order valence-electron chi connectivity index (χ3n) is 4.18. The Kier molecular flexibility index (Phi) is 2.90. The van der Waals surface area contributed by atoms with Gasteiger partial charge in [-0.15, -0.1) is 0 Å². The number of para-hydroxylation sites is 2. The van der Waals surface area contributed by atoms with E-state index in [0.29, 0.717) is 0 Å². The highest BCUT2D eigenvalue weighted by Crippen LogP contribution is 2.36. The molecule has 0 aliphatic rings. The summed E-state index contributed by atoms with van der Waals surface area (Å²) < 4.78 is 0. The van der Waals surface area contributed by atoms with Crippen molar-refractivity contribution in [2.24, 2.45) is 0 Å². The van der Waals surface area contributed by atoms with E-state index in [1.54, 1.807) is 0 Å². The van der Waals surface area contributed by atoms with Crippen LogP contribution >= 0.6 is 0 Å². The van der Waals surface area contributed by atoms with E-state index in [9.17, 15) is 0 Å². The molecule has 2 nitrogen and oxygen atoms in total. The zero-order valence-electron chi connectivity index (χ0n) is 12.7. The number of aryl methyl sites for hydroxylation is 2. The summed E-state index contributed by atoms with van der Waals surface area (Å²) >= 11 is 0. The number of nitrogens with zero attached hydrogens (tertiary/aromatic N) is 2. The van der Waals surface area contributed by atoms with Gasteiger partial charge in [-0.2, -0.15) is 0 Å². The maximum absolute atomic E-state index is 4.56. The van der Waals surface area contributed by atoms with Crippen LogP contribution in [0.15, 0.2) is 60.9 Å². The second-order valence-corrected chi connectivity index (χ2v) is 5.67. The van der Waals surface area contributed by atoms with Gasteiger partial charge in [0.2, 0.25) is 0 Å². The Morgan fingerprint density at radius 1 is 0.591 bits per heavy atom. The SMILES string of the molecule is Cc1cnc2ccccc2c1-c1c(C)cnc2ccccc12. The Bertz CT molecular complexity index is 920. The summed E-state index contributed by atoms with van der Waals surface area (Å²) in [5, 5.41) is 2.39. The molecule has 0 radical (unpaired) electrons. The smallest absolute Gasteiger partial charge is 0.0708 e. The van der Waals surface area contributed by atoms with Gasteiger partial charge < -0.3 is 0 Å². The molecule has 4 rings (SSSR count). The standard InChI is InChI=1S/C20H16N2/c1-13-11-21-17-9-5-3-7-15(17)19(13)20-14(2)12-22-18-10-6-4-8-16(18)20/h3-12H,1-2H3. The van der Waals surface area contributed by atoms with E-state index in [1.165, 1.54) is 33.0 Å². The molecule has 0 amide bonds. The van der Waals surface area contributed by atoms with Crippen LogP contribution in [0.3, 0.4) is 0 Å². The summed E-state index contributed by atoms with van der Waals surface area (Å²) in [6.45, 7) is 4.26. The summed E-state index contributed by atoms with van der Waals surface area (Å²) in [6, 6.07) is 16.7.